The lowest BCUT2D eigenvalue weighted by molar-refractivity contribution is -0.116. The van der Waals surface area contributed by atoms with Crippen molar-refractivity contribution in [3.8, 4) is 16.9 Å². The van der Waals surface area contributed by atoms with Gasteiger partial charge < -0.3 is 4.74 Å². The number of methoxy groups -OCH3 is 1. The summed E-state index contributed by atoms with van der Waals surface area (Å²) in [5.74, 6) is 0.692. The number of ketones is 1. The minimum absolute atomic E-state index is 0.142. The van der Waals surface area contributed by atoms with Crippen LogP contribution < -0.4 is 4.74 Å². The van der Waals surface area contributed by atoms with Crippen LogP contribution in [0.3, 0.4) is 0 Å². The number of rotatable bonds is 4. The van der Waals surface area contributed by atoms with Crippen LogP contribution in [0, 0.1) is 0 Å². The van der Waals surface area contributed by atoms with E-state index >= 15 is 0 Å². The van der Waals surface area contributed by atoms with Crippen molar-refractivity contribution in [1.29, 1.82) is 0 Å². The molecule has 2 rings (SSSR count). The van der Waals surface area contributed by atoms with Gasteiger partial charge in [-0.2, -0.15) is 0 Å². The third kappa shape index (κ3) is 3.33. The van der Waals surface area contributed by atoms with Gasteiger partial charge in [0, 0.05) is 18.1 Å². The number of hydrogen-bond donors (Lipinski definition) is 0. The molecule has 0 spiro atoms. The maximum Gasteiger partial charge on any atom is 0.138 e. The summed E-state index contributed by atoms with van der Waals surface area (Å²) < 4.78 is 5.13. The molecule has 0 aliphatic rings. The van der Waals surface area contributed by atoms with Crippen LogP contribution in [0.15, 0.2) is 36.4 Å². The predicted octanol–water partition coefficient (Wildman–Crippen LogP) is 4.80. The first-order chi connectivity index (χ1) is 9.51. The van der Waals surface area contributed by atoms with Gasteiger partial charge in [0.15, 0.2) is 0 Å². The van der Waals surface area contributed by atoms with Crippen LogP contribution in [0.5, 0.6) is 5.75 Å². The Morgan fingerprint density at radius 1 is 1.10 bits per heavy atom. The van der Waals surface area contributed by atoms with E-state index in [1.807, 2.05) is 24.3 Å². The summed E-state index contributed by atoms with van der Waals surface area (Å²) in [7, 11) is 1.55. The molecule has 0 atom stereocenters. The number of Topliss-reactive ketones (excluding diaryl/α,β-unsaturated/α-hetero) is 1. The number of carbonyl (C=O) groups excluding carboxylic acids is 1. The van der Waals surface area contributed by atoms with Gasteiger partial charge in [-0.3, -0.25) is 4.79 Å². The van der Waals surface area contributed by atoms with Crippen LogP contribution in [-0.2, 0) is 11.2 Å². The smallest absolute Gasteiger partial charge is 0.138 e. The number of carbonyl (C=O) groups is 1. The summed E-state index contributed by atoms with van der Waals surface area (Å²) in [6, 6.07) is 11.2. The van der Waals surface area contributed by atoms with Crippen molar-refractivity contribution in [3.05, 3.63) is 52.0 Å². The molecule has 0 heterocycles. The lowest BCUT2D eigenvalue weighted by Gasteiger charge is -2.09. The Labute approximate surface area is 128 Å². The molecule has 4 heteroatoms. The summed E-state index contributed by atoms with van der Waals surface area (Å²) in [4.78, 5) is 11.1. The minimum Gasteiger partial charge on any atom is -0.495 e. The molecule has 2 nitrogen and oxygen atoms in total. The lowest BCUT2D eigenvalue weighted by Crippen LogP contribution is -1.95. The second kappa shape index (κ2) is 6.29. The molecule has 0 N–H and O–H groups in total. The van der Waals surface area contributed by atoms with E-state index in [2.05, 4.69) is 0 Å². The van der Waals surface area contributed by atoms with Crippen molar-refractivity contribution in [2.75, 3.05) is 7.11 Å². The molecule has 0 radical (unpaired) electrons. The van der Waals surface area contributed by atoms with Crippen molar-refractivity contribution in [2.24, 2.45) is 0 Å². The van der Waals surface area contributed by atoms with Crippen molar-refractivity contribution < 1.29 is 9.53 Å². The second-order valence-corrected chi connectivity index (χ2v) is 5.36. The fourth-order valence-electron chi connectivity index (χ4n) is 2.00. The zero-order valence-corrected chi connectivity index (χ0v) is 12.8. The SMILES string of the molecule is COc1cc(Cl)c(-c2ccc(CC(C)=O)cc2)cc1Cl. The molecule has 0 bridgehead atoms. The topological polar surface area (TPSA) is 26.3 Å². The Hall–Kier alpha value is -1.51. The van der Waals surface area contributed by atoms with Gasteiger partial charge >= 0.3 is 0 Å². The predicted molar refractivity (Wildman–Crippen MR) is 82.8 cm³/mol. The first-order valence-corrected chi connectivity index (χ1v) is 6.88. The molecule has 20 heavy (non-hydrogen) atoms. The molecule has 0 aliphatic carbocycles. The van der Waals surface area contributed by atoms with Gasteiger partial charge in [0.1, 0.15) is 11.5 Å². The molecule has 2 aromatic carbocycles. The summed E-state index contributed by atoms with van der Waals surface area (Å²) in [6.07, 6.45) is 0.442. The van der Waals surface area contributed by atoms with Crippen molar-refractivity contribution in [3.63, 3.8) is 0 Å². The third-order valence-electron chi connectivity index (χ3n) is 2.96. The van der Waals surface area contributed by atoms with E-state index in [9.17, 15) is 4.79 Å². The molecule has 2 aromatic rings. The van der Waals surface area contributed by atoms with Gasteiger partial charge in [-0.1, -0.05) is 47.5 Å². The van der Waals surface area contributed by atoms with Gasteiger partial charge in [-0.25, -0.2) is 0 Å². The second-order valence-electron chi connectivity index (χ2n) is 4.54. The van der Waals surface area contributed by atoms with Crippen molar-refractivity contribution in [2.45, 2.75) is 13.3 Å². The van der Waals surface area contributed by atoms with Crippen LogP contribution in [0.1, 0.15) is 12.5 Å². The van der Waals surface area contributed by atoms with Gasteiger partial charge in [0.05, 0.1) is 17.2 Å². The molecule has 0 saturated carbocycles. The van der Waals surface area contributed by atoms with Crippen LogP contribution >= 0.6 is 23.2 Å². The number of benzene rings is 2. The molecule has 0 amide bonds. The highest BCUT2D eigenvalue weighted by Gasteiger charge is 2.09. The van der Waals surface area contributed by atoms with Crippen LogP contribution in [0.2, 0.25) is 10.0 Å². The molecule has 0 saturated heterocycles. The highest BCUT2D eigenvalue weighted by atomic mass is 35.5. The van der Waals surface area contributed by atoms with Crippen LogP contribution in [0.25, 0.3) is 11.1 Å². The van der Waals surface area contributed by atoms with E-state index in [4.69, 9.17) is 27.9 Å². The molecule has 104 valence electrons. The monoisotopic (exact) mass is 308 g/mol. The number of hydrogen-bond acceptors (Lipinski definition) is 2. The summed E-state index contributed by atoms with van der Waals surface area (Å²) in [5.41, 5.74) is 2.77. The van der Waals surface area contributed by atoms with E-state index in [0.29, 0.717) is 22.2 Å². The van der Waals surface area contributed by atoms with E-state index in [0.717, 1.165) is 16.7 Å². The Kier molecular flexibility index (Phi) is 4.69. The maximum absolute atomic E-state index is 11.1. The van der Waals surface area contributed by atoms with E-state index in [1.54, 1.807) is 26.2 Å². The molecule has 0 unspecified atom stereocenters. The van der Waals surface area contributed by atoms with E-state index in [-0.39, 0.29) is 5.78 Å². The van der Waals surface area contributed by atoms with Crippen LogP contribution in [-0.4, -0.2) is 12.9 Å². The Bertz CT molecular complexity index is 634. The Morgan fingerprint density at radius 3 is 2.30 bits per heavy atom. The van der Waals surface area contributed by atoms with Crippen molar-refractivity contribution >= 4 is 29.0 Å². The number of halogens is 2. The van der Waals surface area contributed by atoms with Gasteiger partial charge in [0.2, 0.25) is 0 Å². The van der Waals surface area contributed by atoms with Crippen molar-refractivity contribution in [1.82, 2.24) is 0 Å². The summed E-state index contributed by atoms with van der Waals surface area (Å²) >= 11 is 12.4. The summed E-state index contributed by atoms with van der Waals surface area (Å²) in [5, 5.41) is 1.09. The average molecular weight is 309 g/mol. The first kappa shape index (κ1) is 14.9. The lowest BCUT2D eigenvalue weighted by atomic mass is 10.0. The quantitative estimate of drug-likeness (QED) is 0.811. The van der Waals surface area contributed by atoms with Gasteiger partial charge in [-0.05, 0) is 24.1 Å². The van der Waals surface area contributed by atoms with Gasteiger partial charge in [-0.15, -0.1) is 0 Å². The van der Waals surface area contributed by atoms with E-state index in [1.165, 1.54) is 0 Å². The third-order valence-corrected chi connectivity index (χ3v) is 3.57. The van der Waals surface area contributed by atoms with Crippen LogP contribution in [0.4, 0.5) is 0 Å². The largest absolute Gasteiger partial charge is 0.495 e. The summed E-state index contributed by atoms with van der Waals surface area (Å²) in [6.45, 7) is 1.58. The van der Waals surface area contributed by atoms with E-state index < -0.39 is 0 Å². The molecule has 0 aromatic heterocycles. The zero-order chi connectivity index (χ0) is 14.7. The Balaban J connectivity index is 2.36. The highest BCUT2D eigenvalue weighted by Crippen LogP contribution is 2.36. The molecular weight excluding hydrogens is 295 g/mol. The standard InChI is InChI=1S/C16H14Cl2O2/c1-10(19)7-11-3-5-12(6-4-11)13-8-15(18)16(20-2)9-14(13)17/h3-6,8-9H,7H2,1-2H3. The fourth-order valence-corrected chi connectivity index (χ4v) is 2.50. The normalized spacial score (nSPS) is 10.4. The first-order valence-electron chi connectivity index (χ1n) is 6.13. The molecule has 0 fully saturated rings. The Morgan fingerprint density at radius 2 is 1.75 bits per heavy atom. The molecule has 0 aliphatic heterocycles. The highest BCUT2D eigenvalue weighted by molar-refractivity contribution is 6.36. The number of ether oxygens (including phenoxy) is 1. The molecular formula is C16H14Cl2O2. The average Bonchev–Trinajstić information content (AvgIpc) is 2.41. The zero-order valence-electron chi connectivity index (χ0n) is 11.2. The minimum atomic E-state index is 0.142. The fraction of sp³-hybridized carbons (Fsp3) is 0.188. The van der Waals surface area contributed by atoms with Gasteiger partial charge in [0.25, 0.3) is 0 Å². The maximum atomic E-state index is 11.1.